The fourth-order valence-corrected chi connectivity index (χ4v) is 2.77. The molecule has 24 heavy (non-hydrogen) atoms. The molecule has 0 aliphatic carbocycles. The minimum Gasteiger partial charge on any atom is -0.469 e. The zero-order chi connectivity index (χ0) is 16.6. The molecule has 8 heteroatoms. The molecule has 3 aromatic heterocycles. The number of furan rings is 1. The van der Waals surface area contributed by atoms with Crippen molar-refractivity contribution in [3.63, 3.8) is 0 Å². The number of rotatable bonds is 7. The molecule has 3 aromatic rings. The molecule has 0 fully saturated rings. The summed E-state index contributed by atoms with van der Waals surface area (Å²) in [5, 5.41) is 12.8. The first-order valence-corrected chi connectivity index (χ1v) is 8.59. The fraction of sp³-hybridized carbons (Fsp3) is 0.312. The molecule has 0 bridgehead atoms. The van der Waals surface area contributed by atoms with E-state index in [2.05, 4.69) is 37.2 Å². The summed E-state index contributed by atoms with van der Waals surface area (Å²) in [7, 11) is 1.86. The number of thiophene rings is 1. The van der Waals surface area contributed by atoms with Crippen molar-refractivity contribution in [1.29, 1.82) is 0 Å². The molecule has 0 aromatic carbocycles. The second-order valence-corrected chi connectivity index (χ2v) is 6.19. The lowest BCUT2D eigenvalue weighted by Gasteiger charge is -2.11. The van der Waals surface area contributed by atoms with Crippen LogP contribution in [0.2, 0.25) is 0 Å². The molecule has 0 radical (unpaired) electrons. The Hall–Kier alpha value is -2.61. The minimum atomic E-state index is 0.469. The SMILES string of the molecule is Cn1ncnc1CN=C(NCCc1ccco1)NCc1cccs1. The van der Waals surface area contributed by atoms with Crippen LogP contribution in [0.5, 0.6) is 0 Å². The van der Waals surface area contributed by atoms with Crippen LogP contribution in [-0.4, -0.2) is 27.3 Å². The summed E-state index contributed by atoms with van der Waals surface area (Å²) in [5.74, 6) is 2.52. The highest BCUT2D eigenvalue weighted by molar-refractivity contribution is 7.09. The molecule has 0 aliphatic heterocycles. The number of guanidine groups is 1. The van der Waals surface area contributed by atoms with Crippen molar-refractivity contribution in [3.8, 4) is 0 Å². The van der Waals surface area contributed by atoms with Gasteiger partial charge >= 0.3 is 0 Å². The first-order valence-electron chi connectivity index (χ1n) is 7.71. The topological polar surface area (TPSA) is 80.3 Å². The third-order valence-corrected chi connectivity index (χ3v) is 4.31. The average Bonchev–Trinajstić information content (AvgIpc) is 3.33. The maximum atomic E-state index is 5.35. The van der Waals surface area contributed by atoms with Gasteiger partial charge in [-0.2, -0.15) is 5.10 Å². The summed E-state index contributed by atoms with van der Waals surface area (Å²) in [6, 6.07) is 8.01. The first kappa shape index (κ1) is 16.3. The van der Waals surface area contributed by atoms with Crippen molar-refractivity contribution in [2.45, 2.75) is 19.5 Å². The Labute approximate surface area is 144 Å². The summed E-state index contributed by atoms with van der Waals surface area (Å²) in [4.78, 5) is 10.0. The Kier molecular flexibility index (Phi) is 5.62. The lowest BCUT2D eigenvalue weighted by molar-refractivity contribution is 0.506. The van der Waals surface area contributed by atoms with Crippen LogP contribution in [0.25, 0.3) is 0 Å². The van der Waals surface area contributed by atoms with Gasteiger partial charge in [0.05, 0.1) is 12.8 Å². The number of aryl methyl sites for hydroxylation is 1. The molecule has 3 rings (SSSR count). The largest absolute Gasteiger partial charge is 0.469 e. The van der Waals surface area contributed by atoms with Gasteiger partial charge in [0.25, 0.3) is 0 Å². The fourth-order valence-electron chi connectivity index (χ4n) is 2.13. The van der Waals surface area contributed by atoms with Gasteiger partial charge in [-0.3, -0.25) is 4.68 Å². The summed E-state index contributed by atoms with van der Waals surface area (Å²) >= 11 is 1.72. The van der Waals surface area contributed by atoms with Crippen LogP contribution in [0.4, 0.5) is 0 Å². The van der Waals surface area contributed by atoms with Crippen LogP contribution in [-0.2, 0) is 26.6 Å². The first-order chi connectivity index (χ1) is 11.8. The van der Waals surface area contributed by atoms with E-state index in [1.54, 1.807) is 22.3 Å². The summed E-state index contributed by atoms with van der Waals surface area (Å²) < 4.78 is 7.07. The number of hydrogen-bond acceptors (Lipinski definition) is 5. The highest BCUT2D eigenvalue weighted by Gasteiger charge is 2.04. The third kappa shape index (κ3) is 4.69. The van der Waals surface area contributed by atoms with Gasteiger partial charge in [-0.15, -0.1) is 11.3 Å². The van der Waals surface area contributed by atoms with Crippen molar-refractivity contribution in [3.05, 3.63) is 58.7 Å². The summed E-state index contributed by atoms with van der Waals surface area (Å²) in [5.41, 5.74) is 0. The Morgan fingerprint density at radius 2 is 2.29 bits per heavy atom. The maximum absolute atomic E-state index is 5.35. The second-order valence-electron chi connectivity index (χ2n) is 5.15. The van der Waals surface area contributed by atoms with Crippen molar-refractivity contribution in [1.82, 2.24) is 25.4 Å². The molecule has 0 aliphatic rings. The molecule has 126 valence electrons. The molecule has 0 atom stereocenters. The van der Waals surface area contributed by atoms with E-state index in [-0.39, 0.29) is 0 Å². The van der Waals surface area contributed by atoms with E-state index in [1.807, 2.05) is 25.2 Å². The molecule has 2 N–H and O–H groups in total. The van der Waals surface area contributed by atoms with Gasteiger partial charge in [-0.05, 0) is 23.6 Å². The van der Waals surface area contributed by atoms with Crippen molar-refractivity contribution in [2.24, 2.45) is 12.0 Å². The molecule has 3 heterocycles. The summed E-state index contributed by atoms with van der Waals surface area (Å²) in [6.45, 7) is 1.95. The average molecular weight is 344 g/mol. The van der Waals surface area contributed by atoms with Gasteiger partial charge in [0.15, 0.2) is 5.96 Å². The number of nitrogens with zero attached hydrogens (tertiary/aromatic N) is 4. The van der Waals surface area contributed by atoms with Crippen molar-refractivity contribution in [2.75, 3.05) is 6.54 Å². The molecule has 0 amide bonds. The summed E-state index contributed by atoms with van der Waals surface area (Å²) in [6.07, 6.45) is 4.03. The van der Waals surface area contributed by atoms with Crippen LogP contribution in [0.3, 0.4) is 0 Å². The number of hydrogen-bond donors (Lipinski definition) is 2. The molecule has 7 nitrogen and oxygen atoms in total. The lowest BCUT2D eigenvalue weighted by atomic mass is 10.3. The second kappa shape index (κ2) is 8.30. The van der Waals surface area contributed by atoms with Crippen LogP contribution in [0.15, 0.2) is 51.6 Å². The number of nitrogens with one attached hydrogen (secondary N) is 2. The van der Waals surface area contributed by atoms with E-state index in [0.717, 1.165) is 37.1 Å². The predicted octanol–water partition coefficient (Wildman–Crippen LogP) is 1.95. The van der Waals surface area contributed by atoms with E-state index in [4.69, 9.17) is 4.42 Å². The Bertz CT molecular complexity index is 747. The van der Waals surface area contributed by atoms with Crippen molar-refractivity contribution < 1.29 is 4.42 Å². The Balaban J connectivity index is 1.57. The van der Waals surface area contributed by atoms with Crippen molar-refractivity contribution >= 4 is 17.3 Å². The predicted molar refractivity (Wildman–Crippen MR) is 93.7 cm³/mol. The normalized spacial score (nSPS) is 11.6. The highest BCUT2D eigenvalue weighted by atomic mass is 32.1. The van der Waals surface area contributed by atoms with Gasteiger partial charge in [-0.1, -0.05) is 6.07 Å². The lowest BCUT2D eigenvalue weighted by Crippen LogP contribution is -2.38. The third-order valence-electron chi connectivity index (χ3n) is 3.44. The Morgan fingerprint density at radius 1 is 1.33 bits per heavy atom. The van der Waals surface area contributed by atoms with Crippen LogP contribution in [0, 0.1) is 0 Å². The van der Waals surface area contributed by atoms with Crippen LogP contribution in [0.1, 0.15) is 16.5 Å². The maximum Gasteiger partial charge on any atom is 0.192 e. The molecule has 0 saturated heterocycles. The van der Waals surface area contributed by atoms with E-state index < -0.39 is 0 Å². The number of aliphatic imine (C=N–C) groups is 1. The molecule has 0 unspecified atom stereocenters. The molecular formula is C16H20N6OS. The quantitative estimate of drug-likeness (QED) is 0.506. The van der Waals surface area contributed by atoms with Crippen LogP contribution >= 0.6 is 11.3 Å². The standard InChI is InChI=1S/C16H20N6OS/c1-22-15(20-12-21-22)11-19-16(18-10-14-5-3-9-24-14)17-7-6-13-4-2-8-23-13/h2-5,8-9,12H,6-7,10-11H2,1H3,(H2,17,18,19). The monoisotopic (exact) mass is 344 g/mol. The molecule has 0 saturated carbocycles. The van der Waals surface area contributed by atoms with Gasteiger partial charge in [0, 0.05) is 24.9 Å². The number of aromatic nitrogens is 3. The molecular weight excluding hydrogens is 324 g/mol. The smallest absolute Gasteiger partial charge is 0.192 e. The van der Waals surface area contributed by atoms with E-state index in [1.165, 1.54) is 11.2 Å². The molecule has 0 spiro atoms. The highest BCUT2D eigenvalue weighted by Crippen LogP contribution is 2.07. The minimum absolute atomic E-state index is 0.469. The van der Waals surface area contributed by atoms with Gasteiger partial charge in [0.2, 0.25) is 0 Å². The van der Waals surface area contributed by atoms with Gasteiger partial charge < -0.3 is 15.1 Å². The Morgan fingerprint density at radius 3 is 3.00 bits per heavy atom. The van der Waals surface area contributed by atoms with Gasteiger partial charge in [0.1, 0.15) is 24.5 Å². The zero-order valence-corrected chi connectivity index (χ0v) is 14.3. The van der Waals surface area contributed by atoms with Crippen LogP contribution < -0.4 is 10.6 Å². The van der Waals surface area contributed by atoms with E-state index in [0.29, 0.717) is 6.54 Å². The van der Waals surface area contributed by atoms with Gasteiger partial charge in [-0.25, -0.2) is 9.98 Å². The zero-order valence-electron chi connectivity index (χ0n) is 13.5. The van der Waals surface area contributed by atoms with E-state index in [9.17, 15) is 0 Å². The van der Waals surface area contributed by atoms with E-state index >= 15 is 0 Å².